The maximum Gasteiger partial charge on any atom is 0.337 e. The molecule has 0 spiro atoms. The highest BCUT2D eigenvalue weighted by Crippen LogP contribution is 2.06. The molecule has 0 radical (unpaired) electrons. The van der Waals surface area contributed by atoms with Gasteiger partial charge in [0.15, 0.2) is 0 Å². The summed E-state index contributed by atoms with van der Waals surface area (Å²) < 4.78 is 4.62. The Balaban J connectivity index is 2.57. The zero-order chi connectivity index (χ0) is 11.8. The second kappa shape index (κ2) is 6.80. The van der Waals surface area contributed by atoms with Crippen LogP contribution in [-0.2, 0) is 4.74 Å². The maximum atomic E-state index is 11.2. The lowest BCUT2D eigenvalue weighted by Crippen LogP contribution is -2.11. The summed E-state index contributed by atoms with van der Waals surface area (Å²) in [6.07, 6.45) is 4.07. The minimum absolute atomic E-state index is 0.303. The number of likely N-dealkylation sites (N-methyl/N-ethyl adjacent to an activating group) is 1. The van der Waals surface area contributed by atoms with Crippen molar-refractivity contribution in [3.63, 3.8) is 0 Å². The molecule has 3 heteroatoms. The zero-order valence-electron chi connectivity index (χ0n) is 9.69. The fraction of sp³-hybridized carbons (Fsp3) is 0.308. The van der Waals surface area contributed by atoms with E-state index >= 15 is 0 Å². The molecule has 1 N–H and O–H groups in total. The second-order valence-electron chi connectivity index (χ2n) is 3.32. The molecule has 0 aliphatic carbocycles. The van der Waals surface area contributed by atoms with Crippen LogP contribution in [0.5, 0.6) is 0 Å². The summed E-state index contributed by atoms with van der Waals surface area (Å²) in [5.41, 5.74) is 1.65. The first-order valence-electron chi connectivity index (χ1n) is 5.33. The standard InChI is InChI=1S/C13H17NO2/c1-3-14-10-4-5-11-6-8-12(9-7-11)13(15)16-2/h4-9,14H,3,10H2,1-2H3. The minimum atomic E-state index is -0.303. The molecule has 0 heterocycles. The number of methoxy groups -OCH3 is 1. The predicted octanol–water partition coefficient (Wildman–Crippen LogP) is 2.10. The summed E-state index contributed by atoms with van der Waals surface area (Å²) >= 11 is 0. The third-order valence-electron chi connectivity index (χ3n) is 2.15. The van der Waals surface area contributed by atoms with Gasteiger partial charge in [0.25, 0.3) is 0 Å². The lowest BCUT2D eigenvalue weighted by atomic mass is 10.1. The first-order valence-corrected chi connectivity index (χ1v) is 5.33. The maximum absolute atomic E-state index is 11.2. The normalized spacial score (nSPS) is 10.6. The SMILES string of the molecule is CCNCC=Cc1ccc(C(=O)OC)cc1. The Morgan fingerprint density at radius 2 is 2.06 bits per heavy atom. The van der Waals surface area contributed by atoms with Crippen LogP contribution in [0.25, 0.3) is 6.08 Å². The molecule has 0 amide bonds. The zero-order valence-corrected chi connectivity index (χ0v) is 9.69. The summed E-state index contributed by atoms with van der Waals surface area (Å²) in [7, 11) is 1.38. The lowest BCUT2D eigenvalue weighted by Gasteiger charge is -1.99. The number of benzene rings is 1. The van der Waals surface area contributed by atoms with Crippen molar-refractivity contribution in [2.45, 2.75) is 6.92 Å². The number of hydrogen-bond donors (Lipinski definition) is 1. The van der Waals surface area contributed by atoms with E-state index in [1.807, 2.05) is 18.2 Å². The number of nitrogens with one attached hydrogen (secondary N) is 1. The van der Waals surface area contributed by atoms with Gasteiger partial charge in [-0.05, 0) is 24.2 Å². The fourth-order valence-corrected chi connectivity index (χ4v) is 1.27. The van der Waals surface area contributed by atoms with Gasteiger partial charge in [-0.15, -0.1) is 0 Å². The van der Waals surface area contributed by atoms with E-state index in [4.69, 9.17) is 0 Å². The summed E-state index contributed by atoms with van der Waals surface area (Å²) in [5, 5.41) is 3.20. The third-order valence-corrected chi connectivity index (χ3v) is 2.15. The Hall–Kier alpha value is -1.61. The molecule has 0 unspecified atom stereocenters. The van der Waals surface area contributed by atoms with Crippen LogP contribution in [0.3, 0.4) is 0 Å². The van der Waals surface area contributed by atoms with E-state index in [-0.39, 0.29) is 5.97 Å². The van der Waals surface area contributed by atoms with Gasteiger partial charge in [0.05, 0.1) is 12.7 Å². The number of carbonyl (C=O) groups excluding carboxylic acids is 1. The van der Waals surface area contributed by atoms with E-state index in [2.05, 4.69) is 23.1 Å². The first kappa shape index (κ1) is 12.5. The molecule has 1 aromatic rings. The van der Waals surface area contributed by atoms with Crippen LogP contribution in [0.2, 0.25) is 0 Å². The van der Waals surface area contributed by atoms with Crippen LogP contribution < -0.4 is 5.32 Å². The number of rotatable bonds is 5. The van der Waals surface area contributed by atoms with Crippen molar-refractivity contribution in [3.05, 3.63) is 41.5 Å². The Kier molecular flexibility index (Phi) is 5.29. The molecule has 16 heavy (non-hydrogen) atoms. The molecule has 0 atom stereocenters. The van der Waals surface area contributed by atoms with E-state index in [0.29, 0.717) is 5.56 Å². The second-order valence-corrected chi connectivity index (χ2v) is 3.32. The Morgan fingerprint density at radius 3 is 2.62 bits per heavy atom. The number of hydrogen-bond acceptors (Lipinski definition) is 3. The van der Waals surface area contributed by atoms with Gasteiger partial charge in [-0.2, -0.15) is 0 Å². The largest absolute Gasteiger partial charge is 0.465 e. The van der Waals surface area contributed by atoms with Crippen LogP contribution in [0.15, 0.2) is 30.3 Å². The van der Waals surface area contributed by atoms with E-state index in [0.717, 1.165) is 18.7 Å². The molecule has 0 saturated carbocycles. The quantitative estimate of drug-likeness (QED) is 0.608. The van der Waals surface area contributed by atoms with Crippen molar-refractivity contribution in [3.8, 4) is 0 Å². The number of ether oxygens (including phenoxy) is 1. The number of carbonyl (C=O) groups is 1. The van der Waals surface area contributed by atoms with Crippen molar-refractivity contribution < 1.29 is 9.53 Å². The van der Waals surface area contributed by atoms with Crippen LogP contribution in [0.4, 0.5) is 0 Å². The fourth-order valence-electron chi connectivity index (χ4n) is 1.27. The lowest BCUT2D eigenvalue weighted by molar-refractivity contribution is 0.0601. The van der Waals surface area contributed by atoms with Crippen molar-refractivity contribution >= 4 is 12.0 Å². The van der Waals surface area contributed by atoms with E-state index in [1.54, 1.807) is 12.1 Å². The van der Waals surface area contributed by atoms with Crippen molar-refractivity contribution in [1.29, 1.82) is 0 Å². The molecular weight excluding hydrogens is 202 g/mol. The number of esters is 1. The van der Waals surface area contributed by atoms with Gasteiger partial charge < -0.3 is 10.1 Å². The summed E-state index contributed by atoms with van der Waals surface area (Å²) in [6.45, 7) is 3.89. The Labute approximate surface area is 96.1 Å². The van der Waals surface area contributed by atoms with Gasteiger partial charge in [0, 0.05) is 6.54 Å². The van der Waals surface area contributed by atoms with Gasteiger partial charge in [-0.3, -0.25) is 0 Å². The minimum Gasteiger partial charge on any atom is -0.465 e. The van der Waals surface area contributed by atoms with Gasteiger partial charge in [-0.1, -0.05) is 31.2 Å². The molecule has 1 aromatic carbocycles. The predicted molar refractivity (Wildman–Crippen MR) is 65.4 cm³/mol. The van der Waals surface area contributed by atoms with Crippen LogP contribution in [0.1, 0.15) is 22.8 Å². The van der Waals surface area contributed by atoms with Crippen molar-refractivity contribution in [1.82, 2.24) is 5.32 Å². The molecule has 1 rings (SSSR count). The highest BCUT2D eigenvalue weighted by Gasteiger charge is 2.02. The van der Waals surface area contributed by atoms with Crippen molar-refractivity contribution in [2.24, 2.45) is 0 Å². The van der Waals surface area contributed by atoms with E-state index in [1.165, 1.54) is 7.11 Å². The molecule has 0 fully saturated rings. The third kappa shape index (κ3) is 3.87. The van der Waals surface area contributed by atoms with Crippen LogP contribution in [-0.4, -0.2) is 26.2 Å². The Bertz CT molecular complexity index is 355. The van der Waals surface area contributed by atoms with E-state index < -0.39 is 0 Å². The molecule has 0 aliphatic rings. The average molecular weight is 219 g/mol. The van der Waals surface area contributed by atoms with Gasteiger partial charge in [0.2, 0.25) is 0 Å². The Morgan fingerprint density at radius 1 is 1.38 bits per heavy atom. The highest BCUT2D eigenvalue weighted by molar-refractivity contribution is 5.89. The average Bonchev–Trinajstić information content (AvgIpc) is 2.34. The smallest absolute Gasteiger partial charge is 0.337 e. The van der Waals surface area contributed by atoms with Gasteiger partial charge in [-0.25, -0.2) is 4.79 Å². The molecule has 0 aliphatic heterocycles. The van der Waals surface area contributed by atoms with Crippen molar-refractivity contribution in [2.75, 3.05) is 20.2 Å². The molecule has 0 aromatic heterocycles. The topological polar surface area (TPSA) is 38.3 Å². The van der Waals surface area contributed by atoms with E-state index in [9.17, 15) is 4.79 Å². The molecule has 0 saturated heterocycles. The molecule has 86 valence electrons. The van der Waals surface area contributed by atoms with Crippen LogP contribution in [0, 0.1) is 0 Å². The molecule has 3 nitrogen and oxygen atoms in total. The molecule has 0 bridgehead atoms. The summed E-state index contributed by atoms with van der Waals surface area (Å²) in [5.74, 6) is -0.303. The summed E-state index contributed by atoms with van der Waals surface area (Å²) in [4.78, 5) is 11.2. The summed E-state index contributed by atoms with van der Waals surface area (Å²) in [6, 6.07) is 7.32. The van der Waals surface area contributed by atoms with Gasteiger partial charge in [0.1, 0.15) is 0 Å². The monoisotopic (exact) mass is 219 g/mol. The highest BCUT2D eigenvalue weighted by atomic mass is 16.5. The van der Waals surface area contributed by atoms with Crippen LogP contribution >= 0.6 is 0 Å². The first-order chi connectivity index (χ1) is 7.77. The van der Waals surface area contributed by atoms with Gasteiger partial charge >= 0.3 is 5.97 Å². The molecular formula is C13H17NO2.